The van der Waals surface area contributed by atoms with E-state index >= 15 is 0 Å². The number of aryl methyl sites for hydroxylation is 2. The average molecular weight is 628 g/mol. The summed E-state index contributed by atoms with van der Waals surface area (Å²) in [6.45, 7) is 6.58. The zero-order chi connectivity index (χ0) is 32.4. The monoisotopic (exact) mass is 627 g/mol. The number of piperazine rings is 1. The van der Waals surface area contributed by atoms with Crippen LogP contribution in [0.4, 0.5) is 24.5 Å². The van der Waals surface area contributed by atoms with Gasteiger partial charge in [0.2, 0.25) is 0 Å². The van der Waals surface area contributed by atoms with Crippen LogP contribution in [0.5, 0.6) is 0 Å². The van der Waals surface area contributed by atoms with Crippen LogP contribution >= 0.6 is 0 Å². The van der Waals surface area contributed by atoms with E-state index < -0.39 is 17.6 Å². The highest BCUT2D eigenvalue weighted by molar-refractivity contribution is 6.05. The van der Waals surface area contributed by atoms with Crippen LogP contribution < -0.4 is 10.2 Å². The smallest absolute Gasteiger partial charge is 0.369 e. The fraction of sp³-hybridized carbons (Fsp3) is 0.265. The Morgan fingerprint density at radius 3 is 2.46 bits per heavy atom. The van der Waals surface area contributed by atoms with Gasteiger partial charge in [-0.05, 0) is 74.5 Å². The molecule has 0 radical (unpaired) electrons. The zero-order valence-electron chi connectivity index (χ0n) is 25.6. The van der Waals surface area contributed by atoms with Crippen molar-refractivity contribution in [2.24, 2.45) is 0 Å². The third-order valence-corrected chi connectivity index (χ3v) is 8.14. The molecule has 0 saturated carbocycles. The maximum Gasteiger partial charge on any atom is 0.418 e. The third kappa shape index (κ3) is 6.76. The zero-order valence-corrected chi connectivity index (χ0v) is 25.6. The highest BCUT2D eigenvalue weighted by Gasteiger charge is 2.35. The van der Waals surface area contributed by atoms with Crippen molar-refractivity contribution in [1.29, 1.82) is 0 Å². The highest BCUT2D eigenvalue weighted by Crippen LogP contribution is 2.38. The Kier molecular flexibility index (Phi) is 8.55. The molecule has 6 rings (SSSR count). The minimum atomic E-state index is -4.64. The lowest BCUT2D eigenvalue weighted by atomic mass is 10.0. The number of rotatable bonds is 7. The summed E-state index contributed by atoms with van der Waals surface area (Å²) >= 11 is 0. The first-order valence-corrected chi connectivity index (χ1v) is 14.8. The number of aromatic nitrogens is 4. The molecule has 0 spiro atoms. The minimum Gasteiger partial charge on any atom is -0.369 e. The number of pyridine rings is 1. The van der Waals surface area contributed by atoms with Crippen molar-refractivity contribution in [1.82, 2.24) is 25.0 Å². The quantitative estimate of drug-likeness (QED) is 0.221. The van der Waals surface area contributed by atoms with Crippen LogP contribution in [-0.2, 0) is 12.6 Å². The topological polar surface area (TPSA) is 100 Å². The van der Waals surface area contributed by atoms with Crippen molar-refractivity contribution >= 4 is 17.3 Å². The first-order valence-electron chi connectivity index (χ1n) is 14.8. The van der Waals surface area contributed by atoms with E-state index in [1.807, 2.05) is 31.9 Å². The summed E-state index contributed by atoms with van der Waals surface area (Å²) in [4.78, 5) is 30.8. The molecule has 1 saturated heterocycles. The van der Waals surface area contributed by atoms with Crippen LogP contribution in [0.25, 0.3) is 22.6 Å². The molecule has 0 bridgehead atoms. The van der Waals surface area contributed by atoms with Crippen LogP contribution in [0.2, 0.25) is 0 Å². The molecule has 2 aromatic carbocycles. The number of alkyl halides is 3. The number of halogens is 3. The second-order valence-electron chi connectivity index (χ2n) is 11.4. The Labute approximate surface area is 264 Å². The molecular weight excluding hydrogens is 595 g/mol. The minimum absolute atomic E-state index is 0.229. The van der Waals surface area contributed by atoms with Gasteiger partial charge in [0.25, 0.3) is 5.91 Å². The van der Waals surface area contributed by atoms with Gasteiger partial charge in [-0.2, -0.15) is 13.2 Å². The number of anilines is 2. The Morgan fingerprint density at radius 2 is 1.72 bits per heavy atom. The standard InChI is InChI=1S/C34H32F3N7O2/c1-21-4-5-23(33(45)42-30-7-6-27(17-28(30)34(35,36)37)44-12-10-43(3)11-13-44)14-24(21)16-31-39-9-8-29(41-31)25-15-26(20-38-19-25)32-22(2)18-40-46-32/h4-9,14-15,17-20H,10-13,16H2,1-3H3,(H,42,45). The number of benzene rings is 2. The largest absolute Gasteiger partial charge is 0.418 e. The number of hydrogen-bond acceptors (Lipinski definition) is 8. The maximum atomic E-state index is 14.1. The van der Waals surface area contributed by atoms with Crippen LogP contribution in [0.1, 0.15) is 38.4 Å². The Hall–Kier alpha value is -5.10. The van der Waals surface area contributed by atoms with Gasteiger partial charge in [0, 0.05) is 79.1 Å². The van der Waals surface area contributed by atoms with Gasteiger partial charge in [0.1, 0.15) is 5.82 Å². The molecule has 9 nitrogen and oxygen atoms in total. The number of carbonyl (C=O) groups is 1. The van der Waals surface area contributed by atoms with Gasteiger partial charge in [0.15, 0.2) is 5.76 Å². The number of amides is 1. The van der Waals surface area contributed by atoms with Gasteiger partial charge in [-0.3, -0.25) is 9.78 Å². The van der Waals surface area contributed by atoms with Gasteiger partial charge >= 0.3 is 6.18 Å². The molecule has 236 valence electrons. The SMILES string of the molecule is Cc1ccc(C(=O)Nc2ccc(N3CCN(C)CC3)cc2C(F)(F)F)cc1Cc1nccc(-c2cncc(-c3oncc3C)c2)n1. The van der Waals surface area contributed by atoms with Crippen molar-refractivity contribution in [2.75, 3.05) is 43.4 Å². The van der Waals surface area contributed by atoms with E-state index in [1.54, 1.807) is 55.1 Å². The summed E-state index contributed by atoms with van der Waals surface area (Å²) in [7, 11) is 1.98. The second kappa shape index (κ2) is 12.7. The number of hydrogen-bond donors (Lipinski definition) is 1. The first-order chi connectivity index (χ1) is 22.0. The molecule has 0 aliphatic carbocycles. The van der Waals surface area contributed by atoms with Gasteiger partial charge in [-0.1, -0.05) is 11.2 Å². The Morgan fingerprint density at radius 1 is 0.935 bits per heavy atom. The highest BCUT2D eigenvalue weighted by atomic mass is 19.4. The van der Waals surface area contributed by atoms with E-state index in [4.69, 9.17) is 9.51 Å². The molecule has 5 aromatic rings. The average Bonchev–Trinajstić information content (AvgIpc) is 3.48. The fourth-order valence-corrected chi connectivity index (χ4v) is 5.42. The molecule has 1 aliphatic heterocycles. The number of nitrogens with one attached hydrogen (secondary N) is 1. The number of carbonyl (C=O) groups excluding carboxylic acids is 1. The summed E-state index contributed by atoms with van der Waals surface area (Å²) < 4.78 is 47.8. The molecule has 4 heterocycles. The predicted molar refractivity (Wildman–Crippen MR) is 169 cm³/mol. The molecule has 0 atom stereocenters. The molecule has 1 aliphatic rings. The molecular formula is C34H32F3N7O2. The van der Waals surface area contributed by atoms with E-state index in [1.165, 1.54) is 6.07 Å². The second-order valence-corrected chi connectivity index (χ2v) is 11.4. The van der Waals surface area contributed by atoms with Crippen molar-refractivity contribution in [3.05, 3.63) is 107 Å². The summed E-state index contributed by atoms with van der Waals surface area (Å²) in [5, 5.41) is 6.34. The van der Waals surface area contributed by atoms with Crippen LogP contribution in [-0.4, -0.2) is 64.1 Å². The van der Waals surface area contributed by atoms with Crippen molar-refractivity contribution in [3.8, 4) is 22.6 Å². The molecule has 0 unspecified atom stereocenters. The molecule has 12 heteroatoms. The van der Waals surface area contributed by atoms with E-state index in [0.29, 0.717) is 42.5 Å². The number of likely N-dealkylation sites (N-methyl/N-ethyl adjacent to an activating group) is 1. The predicted octanol–water partition coefficient (Wildman–Crippen LogP) is 6.42. The van der Waals surface area contributed by atoms with Gasteiger partial charge in [0.05, 0.1) is 23.1 Å². The van der Waals surface area contributed by atoms with Crippen LogP contribution in [0.15, 0.2) is 77.8 Å². The van der Waals surface area contributed by atoms with Crippen molar-refractivity contribution in [3.63, 3.8) is 0 Å². The lowest BCUT2D eigenvalue weighted by Gasteiger charge is -2.34. The van der Waals surface area contributed by atoms with Gasteiger partial charge in [-0.25, -0.2) is 9.97 Å². The molecule has 1 amide bonds. The first kappa shape index (κ1) is 30.9. The van der Waals surface area contributed by atoms with E-state index in [0.717, 1.165) is 47.0 Å². The van der Waals surface area contributed by atoms with E-state index in [9.17, 15) is 18.0 Å². The van der Waals surface area contributed by atoms with Gasteiger partial charge in [-0.15, -0.1) is 0 Å². The lowest BCUT2D eigenvalue weighted by Crippen LogP contribution is -2.44. The summed E-state index contributed by atoms with van der Waals surface area (Å²) in [5.74, 6) is 0.500. The molecule has 3 aromatic heterocycles. The maximum absolute atomic E-state index is 14.1. The van der Waals surface area contributed by atoms with E-state index in [-0.39, 0.29) is 11.3 Å². The molecule has 1 N–H and O–H groups in total. The molecule has 1 fully saturated rings. The summed E-state index contributed by atoms with van der Waals surface area (Å²) in [5.41, 5.74) is 4.28. The lowest BCUT2D eigenvalue weighted by molar-refractivity contribution is -0.136. The summed E-state index contributed by atoms with van der Waals surface area (Å²) in [6.07, 6.45) is 2.35. The summed E-state index contributed by atoms with van der Waals surface area (Å²) in [6, 6.07) is 12.8. The third-order valence-electron chi connectivity index (χ3n) is 8.14. The van der Waals surface area contributed by atoms with Crippen molar-refractivity contribution in [2.45, 2.75) is 26.4 Å². The molecule has 46 heavy (non-hydrogen) atoms. The number of nitrogens with zero attached hydrogens (tertiary/aromatic N) is 6. The van der Waals surface area contributed by atoms with Crippen LogP contribution in [0, 0.1) is 13.8 Å². The van der Waals surface area contributed by atoms with Crippen molar-refractivity contribution < 1.29 is 22.5 Å². The fourth-order valence-electron chi connectivity index (χ4n) is 5.42. The van der Waals surface area contributed by atoms with E-state index in [2.05, 4.69) is 25.3 Å². The normalized spacial score (nSPS) is 14.0. The van der Waals surface area contributed by atoms with Crippen LogP contribution in [0.3, 0.4) is 0 Å². The van der Waals surface area contributed by atoms with Gasteiger partial charge < -0.3 is 19.6 Å². The Bertz CT molecular complexity index is 1880. The Balaban J connectivity index is 1.21.